The van der Waals surface area contributed by atoms with Gasteiger partial charge < -0.3 is 5.32 Å². The van der Waals surface area contributed by atoms with Crippen LogP contribution >= 0.6 is 0 Å². The lowest BCUT2D eigenvalue weighted by atomic mass is 10.3. The van der Waals surface area contributed by atoms with E-state index in [-0.39, 0.29) is 11.3 Å². The Balaban J connectivity index is 3.45. The minimum atomic E-state index is -0.750. The summed E-state index contributed by atoms with van der Waals surface area (Å²) in [5.74, 6) is 0. The van der Waals surface area contributed by atoms with Gasteiger partial charge in [0.1, 0.15) is 0 Å². The summed E-state index contributed by atoms with van der Waals surface area (Å²) in [5, 5.41) is 11.7. The lowest BCUT2D eigenvalue weighted by Crippen LogP contribution is -2.28. The minimum Gasteiger partial charge on any atom is -0.302 e. The Morgan fingerprint density at radius 2 is 2.17 bits per heavy atom. The SMILES string of the molecule is CC(C#N)NCCC(C)S(C)=O. The smallest absolute Gasteiger partial charge is 0.0924 e. The lowest BCUT2D eigenvalue weighted by Gasteiger charge is -2.09. The molecule has 1 N–H and O–H groups in total. The quantitative estimate of drug-likeness (QED) is 0.689. The van der Waals surface area contributed by atoms with Gasteiger partial charge in [0.2, 0.25) is 0 Å². The average molecular weight is 188 g/mol. The average Bonchev–Trinajstić information content (AvgIpc) is 2.03. The zero-order valence-electron chi connectivity index (χ0n) is 7.83. The van der Waals surface area contributed by atoms with Crippen molar-refractivity contribution in [2.75, 3.05) is 12.8 Å². The molecule has 0 aromatic carbocycles. The second-order valence-corrected chi connectivity index (χ2v) is 4.70. The summed E-state index contributed by atoms with van der Waals surface area (Å²) in [4.78, 5) is 0. The number of nitriles is 1. The van der Waals surface area contributed by atoms with Crippen molar-refractivity contribution in [2.45, 2.75) is 31.6 Å². The number of hydrogen-bond acceptors (Lipinski definition) is 3. The van der Waals surface area contributed by atoms with Gasteiger partial charge in [-0.3, -0.25) is 4.21 Å². The van der Waals surface area contributed by atoms with Crippen molar-refractivity contribution in [3.8, 4) is 6.07 Å². The summed E-state index contributed by atoms with van der Waals surface area (Å²) in [7, 11) is -0.750. The Morgan fingerprint density at radius 1 is 1.58 bits per heavy atom. The van der Waals surface area contributed by atoms with Crippen molar-refractivity contribution in [1.29, 1.82) is 5.26 Å². The number of rotatable bonds is 5. The topological polar surface area (TPSA) is 52.9 Å². The van der Waals surface area contributed by atoms with Gasteiger partial charge in [-0.25, -0.2) is 0 Å². The summed E-state index contributed by atoms with van der Waals surface area (Å²) in [6, 6.07) is 1.97. The predicted octanol–water partition coefficient (Wildman–Crippen LogP) is 0.645. The zero-order chi connectivity index (χ0) is 9.56. The highest BCUT2D eigenvalue weighted by Crippen LogP contribution is 1.97. The number of nitrogens with zero attached hydrogens (tertiary/aromatic N) is 1. The van der Waals surface area contributed by atoms with Crippen LogP contribution < -0.4 is 5.32 Å². The van der Waals surface area contributed by atoms with Crippen LogP contribution in [0.15, 0.2) is 0 Å². The normalized spacial score (nSPS) is 17.8. The van der Waals surface area contributed by atoms with E-state index in [4.69, 9.17) is 5.26 Å². The number of hydrogen-bond donors (Lipinski definition) is 1. The largest absolute Gasteiger partial charge is 0.302 e. The Morgan fingerprint density at radius 3 is 2.58 bits per heavy atom. The third-order valence-corrected chi connectivity index (χ3v) is 3.13. The van der Waals surface area contributed by atoms with Crippen LogP contribution in [0.3, 0.4) is 0 Å². The molecule has 0 spiro atoms. The van der Waals surface area contributed by atoms with E-state index in [0.29, 0.717) is 0 Å². The Labute approximate surface area is 76.6 Å². The molecule has 0 bridgehead atoms. The first-order valence-corrected chi connectivity index (χ1v) is 5.65. The lowest BCUT2D eigenvalue weighted by molar-refractivity contribution is 0.602. The van der Waals surface area contributed by atoms with Gasteiger partial charge in [0.15, 0.2) is 0 Å². The molecule has 3 atom stereocenters. The van der Waals surface area contributed by atoms with Gasteiger partial charge in [-0.2, -0.15) is 5.26 Å². The van der Waals surface area contributed by atoms with Crippen LogP contribution in [0.4, 0.5) is 0 Å². The van der Waals surface area contributed by atoms with Crippen LogP contribution in [0.5, 0.6) is 0 Å². The second-order valence-electron chi connectivity index (χ2n) is 2.90. The molecule has 0 aromatic rings. The zero-order valence-corrected chi connectivity index (χ0v) is 8.65. The third kappa shape index (κ3) is 5.28. The Bertz CT molecular complexity index is 188. The van der Waals surface area contributed by atoms with Crippen LogP contribution in [-0.4, -0.2) is 28.3 Å². The van der Waals surface area contributed by atoms with Gasteiger partial charge in [-0.05, 0) is 19.9 Å². The van der Waals surface area contributed by atoms with Crippen molar-refractivity contribution >= 4 is 10.8 Å². The molecule has 0 aromatic heterocycles. The van der Waals surface area contributed by atoms with Crippen molar-refractivity contribution in [2.24, 2.45) is 0 Å². The summed E-state index contributed by atoms with van der Waals surface area (Å²) in [6.45, 7) is 4.53. The molecule has 4 heteroatoms. The molecule has 0 aliphatic carbocycles. The van der Waals surface area contributed by atoms with E-state index < -0.39 is 10.8 Å². The molecule has 12 heavy (non-hydrogen) atoms. The molecule has 3 unspecified atom stereocenters. The van der Waals surface area contributed by atoms with E-state index in [2.05, 4.69) is 11.4 Å². The fourth-order valence-electron chi connectivity index (χ4n) is 0.715. The highest BCUT2D eigenvalue weighted by molar-refractivity contribution is 7.84. The molecular weight excluding hydrogens is 172 g/mol. The highest BCUT2D eigenvalue weighted by atomic mass is 32.2. The first kappa shape index (κ1) is 11.6. The van der Waals surface area contributed by atoms with Gasteiger partial charge in [0.25, 0.3) is 0 Å². The standard InChI is InChI=1S/C8H16N2OS/c1-7(6-9)10-5-4-8(2)12(3)11/h7-8,10H,4-5H2,1-3H3. The van der Waals surface area contributed by atoms with Gasteiger partial charge in [-0.1, -0.05) is 6.92 Å². The molecular formula is C8H16N2OS. The van der Waals surface area contributed by atoms with Crippen LogP contribution in [0, 0.1) is 11.3 Å². The van der Waals surface area contributed by atoms with E-state index in [1.54, 1.807) is 6.26 Å². The summed E-state index contributed by atoms with van der Waals surface area (Å²) in [6.07, 6.45) is 2.56. The maximum atomic E-state index is 10.9. The first-order chi connectivity index (χ1) is 5.57. The molecule has 0 aliphatic rings. The third-order valence-electron chi connectivity index (χ3n) is 1.76. The molecule has 0 radical (unpaired) electrons. The Hall–Kier alpha value is -0.400. The fourth-order valence-corrected chi connectivity index (χ4v) is 1.16. The maximum absolute atomic E-state index is 10.9. The molecule has 70 valence electrons. The number of nitrogens with one attached hydrogen (secondary N) is 1. The van der Waals surface area contributed by atoms with Gasteiger partial charge in [0, 0.05) is 22.3 Å². The van der Waals surface area contributed by atoms with E-state index in [9.17, 15) is 4.21 Å². The molecule has 3 nitrogen and oxygen atoms in total. The molecule has 0 heterocycles. The molecule has 0 amide bonds. The van der Waals surface area contributed by atoms with E-state index >= 15 is 0 Å². The second kappa shape index (κ2) is 6.15. The van der Waals surface area contributed by atoms with Crippen molar-refractivity contribution < 1.29 is 4.21 Å². The predicted molar refractivity (Wildman–Crippen MR) is 51.2 cm³/mol. The van der Waals surface area contributed by atoms with E-state index in [1.165, 1.54) is 0 Å². The van der Waals surface area contributed by atoms with Crippen LogP contribution in [0.25, 0.3) is 0 Å². The van der Waals surface area contributed by atoms with Crippen LogP contribution in [0.1, 0.15) is 20.3 Å². The highest BCUT2D eigenvalue weighted by Gasteiger charge is 2.05. The summed E-state index contributed by atoms with van der Waals surface area (Å²) < 4.78 is 10.9. The maximum Gasteiger partial charge on any atom is 0.0924 e. The van der Waals surface area contributed by atoms with Gasteiger partial charge in [0.05, 0.1) is 12.1 Å². The molecule has 0 saturated carbocycles. The molecule has 0 saturated heterocycles. The van der Waals surface area contributed by atoms with Crippen molar-refractivity contribution in [1.82, 2.24) is 5.32 Å². The molecule has 0 aliphatic heterocycles. The van der Waals surface area contributed by atoms with E-state index in [1.807, 2.05) is 13.8 Å². The monoisotopic (exact) mass is 188 g/mol. The summed E-state index contributed by atoms with van der Waals surface area (Å²) >= 11 is 0. The van der Waals surface area contributed by atoms with Gasteiger partial charge in [-0.15, -0.1) is 0 Å². The van der Waals surface area contributed by atoms with Gasteiger partial charge >= 0.3 is 0 Å². The first-order valence-electron chi connectivity index (χ1n) is 4.03. The van der Waals surface area contributed by atoms with Crippen LogP contribution in [-0.2, 0) is 10.8 Å². The van der Waals surface area contributed by atoms with E-state index in [0.717, 1.165) is 13.0 Å². The van der Waals surface area contributed by atoms with Crippen LogP contribution in [0.2, 0.25) is 0 Å². The molecule has 0 rings (SSSR count). The minimum absolute atomic E-state index is 0.109. The van der Waals surface area contributed by atoms with Crippen molar-refractivity contribution in [3.05, 3.63) is 0 Å². The fraction of sp³-hybridized carbons (Fsp3) is 0.875. The summed E-state index contributed by atoms with van der Waals surface area (Å²) in [5.41, 5.74) is 0. The molecule has 0 fully saturated rings. The Kier molecular flexibility index (Phi) is 5.95. The van der Waals surface area contributed by atoms with Crippen molar-refractivity contribution in [3.63, 3.8) is 0 Å².